The molecule has 0 aliphatic carbocycles. The second-order valence-electron chi connectivity index (χ2n) is 11.5. The highest BCUT2D eigenvalue weighted by molar-refractivity contribution is 7.27. The number of hydrogen-bond acceptors (Lipinski definition) is 6. The zero-order valence-corrected chi connectivity index (χ0v) is 27.4. The fourth-order valence-corrected chi connectivity index (χ4v) is 10.8. The summed E-state index contributed by atoms with van der Waals surface area (Å²) in [6.45, 7) is 4.49. The normalized spacial score (nSPS) is 12.2. The molecule has 0 bridgehead atoms. The van der Waals surface area contributed by atoms with Crippen LogP contribution in [0.2, 0.25) is 0 Å². The summed E-state index contributed by atoms with van der Waals surface area (Å²) >= 11 is 7.08. The first-order valence-electron chi connectivity index (χ1n) is 15.3. The van der Waals surface area contributed by atoms with Gasteiger partial charge < -0.3 is 0 Å². The Morgan fingerprint density at radius 2 is 0.905 bits per heavy atom. The van der Waals surface area contributed by atoms with Crippen molar-refractivity contribution in [2.24, 2.45) is 0 Å². The second-order valence-corrected chi connectivity index (χ2v) is 15.9. The lowest BCUT2D eigenvalue weighted by atomic mass is 10.1. The average molecular weight is 627 g/mol. The maximum absolute atomic E-state index is 13.6. The maximum atomic E-state index is 13.6. The minimum atomic E-state index is 0.0882. The molecule has 0 fully saturated rings. The molecule has 4 aromatic heterocycles. The predicted octanol–water partition coefficient (Wildman–Crippen LogP) is 11.7. The van der Waals surface area contributed by atoms with E-state index in [1.807, 2.05) is 34.8 Å². The van der Waals surface area contributed by atoms with Crippen molar-refractivity contribution in [2.75, 3.05) is 0 Å². The van der Waals surface area contributed by atoms with Crippen LogP contribution in [0.25, 0.3) is 61.2 Å². The molecule has 0 radical (unpaired) electrons. The number of aryl methyl sites for hydroxylation is 2. The van der Waals surface area contributed by atoms with Crippen molar-refractivity contribution in [3.63, 3.8) is 0 Å². The zero-order chi connectivity index (χ0) is 28.8. The third kappa shape index (κ3) is 5.00. The van der Waals surface area contributed by atoms with Gasteiger partial charge in [0.1, 0.15) is 0 Å². The fourth-order valence-electron chi connectivity index (χ4n) is 6.15. The largest absolute Gasteiger partial charge is 0.289 e. The third-order valence-corrected chi connectivity index (χ3v) is 13.5. The smallest absolute Gasteiger partial charge is 0.195 e. The van der Waals surface area contributed by atoms with Gasteiger partial charge in [0, 0.05) is 71.0 Å². The standard InChI is InChI=1S/C36H34O2S4/c1-3-5-7-9-11-21-13-15-29(39-21)31-19-27-33(37)23-18-26-24(17-25(23)35(27)41-31)34(38)28-20-32(42-36(26)28)30-16-14-22(40-30)12-10-8-6-4-2/h13-20H,3-12H2,1-2H3. The highest BCUT2D eigenvalue weighted by Gasteiger charge is 2.21. The van der Waals surface area contributed by atoms with Gasteiger partial charge in [-0.3, -0.25) is 9.59 Å². The van der Waals surface area contributed by atoms with E-state index < -0.39 is 0 Å². The molecule has 0 N–H and O–H groups in total. The summed E-state index contributed by atoms with van der Waals surface area (Å²) in [5.74, 6) is 0. The monoisotopic (exact) mass is 626 g/mol. The summed E-state index contributed by atoms with van der Waals surface area (Å²) in [5.41, 5.74) is 0.176. The van der Waals surface area contributed by atoms with Gasteiger partial charge >= 0.3 is 0 Å². The minimum absolute atomic E-state index is 0.0882. The van der Waals surface area contributed by atoms with Gasteiger partial charge in [0.2, 0.25) is 0 Å². The highest BCUT2D eigenvalue weighted by Crippen LogP contribution is 2.44. The van der Waals surface area contributed by atoms with Crippen LogP contribution < -0.4 is 10.9 Å². The van der Waals surface area contributed by atoms with Crippen LogP contribution in [-0.4, -0.2) is 0 Å². The second kappa shape index (κ2) is 11.8. The fraction of sp³-hybridized carbons (Fsp3) is 0.333. The van der Waals surface area contributed by atoms with E-state index in [0.717, 1.165) is 64.3 Å². The molecule has 0 unspecified atom stereocenters. The Balaban J connectivity index is 1.21. The van der Waals surface area contributed by atoms with E-state index in [9.17, 15) is 9.59 Å². The predicted molar refractivity (Wildman–Crippen MR) is 189 cm³/mol. The van der Waals surface area contributed by atoms with E-state index in [-0.39, 0.29) is 10.9 Å². The van der Waals surface area contributed by atoms with E-state index in [2.05, 4.69) is 50.2 Å². The molecule has 6 heteroatoms. The van der Waals surface area contributed by atoms with E-state index in [4.69, 9.17) is 0 Å². The number of rotatable bonds is 12. The molecule has 4 heterocycles. The minimum Gasteiger partial charge on any atom is -0.289 e. The van der Waals surface area contributed by atoms with Crippen molar-refractivity contribution in [3.8, 4) is 19.5 Å². The Kier molecular flexibility index (Phi) is 7.91. The van der Waals surface area contributed by atoms with Gasteiger partial charge in [0.25, 0.3) is 0 Å². The Labute approximate surface area is 262 Å². The van der Waals surface area contributed by atoms with Crippen LogP contribution in [-0.2, 0) is 12.8 Å². The quantitative estimate of drug-likeness (QED) is 0.126. The number of hydrogen-bond donors (Lipinski definition) is 0. The average Bonchev–Trinajstić information content (AvgIpc) is 3.83. The van der Waals surface area contributed by atoms with Gasteiger partial charge in [0.05, 0.1) is 0 Å². The molecule has 0 saturated carbocycles. The first kappa shape index (κ1) is 28.1. The lowest BCUT2D eigenvalue weighted by Crippen LogP contribution is -1.95. The molecule has 0 spiro atoms. The SMILES string of the molecule is CCCCCCc1ccc(-c2cc3c(=O)c4cc5c(cc4c3s2)c(=O)c2cc(-c3ccc(CCCCCC)s3)sc25)s1. The zero-order valence-electron chi connectivity index (χ0n) is 24.1. The lowest BCUT2D eigenvalue weighted by molar-refractivity contribution is 0.670. The Morgan fingerprint density at radius 3 is 1.33 bits per heavy atom. The molecule has 214 valence electrons. The number of fused-ring (bicyclic) bond motifs is 6. The Bertz CT molecular complexity index is 1970. The highest BCUT2D eigenvalue weighted by atomic mass is 32.1. The number of thiophene rings is 4. The van der Waals surface area contributed by atoms with Gasteiger partial charge in [-0.15, -0.1) is 45.3 Å². The summed E-state index contributed by atoms with van der Waals surface area (Å²) < 4.78 is 2.03. The molecule has 0 aliphatic heterocycles. The van der Waals surface area contributed by atoms with Crippen LogP contribution in [0.1, 0.15) is 75.0 Å². The number of unbranched alkanes of at least 4 members (excludes halogenated alkanes) is 6. The summed E-state index contributed by atoms with van der Waals surface area (Å²) in [6.07, 6.45) is 12.4. The van der Waals surface area contributed by atoms with E-state index >= 15 is 0 Å². The van der Waals surface area contributed by atoms with E-state index in [1.165, 1.54) is 70.9 Å². The molecule has 2 nitrogen and oxygen atoms in total. The first-order valence-corrected chi connectivity index (χ1v) is 18.6. The Hall–Kier alpha value is -2.64. The van der Waals surface area contributed by atoms with Crippen LogP contribution in [0, 0.1) is 0 Å². The van der Waals surface area contributed by atoms with Crippen LogP contribution in [0.4, 0.5) is 0 Å². The topological polar surface area (TPSA) is 34.1 Å². The molecule has 0 amide bonds. The maximum Gasteiger partial charge on any atom is 0.195 e. The van der Waals surface area contributed by atoms with Crippen molar-refractivity contribution in [3.05, 3.63) is 78.7 Å². The van der Waals surface area contributed by atoms with Crippen molar-refractivity contribution in [1.29, 1.82) is 0 Å². The lowest BCUT2D eigenvalue weighted by Gasteiger charge is -1.97. The van der Waals surface area contributed by atoms with Crippen LogP contribution >= 0.6 is 45.3 Å². The van der Waals surface area contributed by atoms with Crippen molar-refractivity contribution in [1.82, 2.24) is 0 Å². The third-order valence-electron chi connectivity index (χ3n) is 8.45. The molecular weight excluding hydrogens is 593 g/mol. The molecule has 42 heavy (non-hydrogen) atoms. The van der Waals surface area contributed by atoms with Crippen molar-refractivity contribution in [2.45, 2.75) is 78.1 Å². The van der Waals surface area contributed by atoms with Crippen LogP contribution in [0.3, 0.4) is 0 Å². The van der Waals surface area contributed by atoms with E-state index in [1.54, 1.807) is 22.7 Å². The number of benzene rings is 1. The van der Waals surface area contributed by atoms with Crippen LogP contribution in [0.15, 0.2) is 58.1 Å². The summed E-state index contributed by atoms with van der Waals surface area (Å²) in [6, 6.07) is 17.0. The molecule has 7 rings (SSSR count). The molecular formula is C36H34O2S4. The first-order chi connectivity index (χ1) is 20.6. The van der Waals surface area contributed by atoms with Crippen LogP contribution in [0.5, 0.6) is 0 Å². The van der Waals surface area contributed by atoms with Gasteiger partial charge in [0.15, 0.2) is 10.9 Å². The molecule has 0 saturated heterocycles. The van der Waals surface area contributed by atoms with Gasteiger partial charge in [-0.1, -0.05) is 52.4 Å². The summed E-state index contributed by atoms with van der Waals surface area (Å²) in [7, 11) is 0. The van der Waals surface area contributed by atoms with Gasteiger partial charge in [-0.2, -0.15) is 0 Å². The summed E-state index contributed by atoms with van der Waals surface area (Å²) in [4.78, 5) is 34.9. The van der Waals surface area contributed by atoms with Crippen molar-refractivity contribution < 1.29 is 0 Å². The molecule has 3 aromatic carbocycles. The Morgan fingerprint density at radius 1 is 0.452 bits per heavy atom. The molecule has 0 aliphatic rings. The summed E-state index contributed by atoms with van der Waals surface area (Å²) in [5, 5.41) is 4.91. The molecule has 7 aromatic rings. The van der Waals surface area contributed by atoms with Gasteiger partial charge in [-0.05, 0) is 74.2 Å². The van der Waals surface area contributed by atoms with Crippen molar-refractivity contribution >= 4 is 87.1 Å². The van der Waals surface area contributed by atoms with E-state index in [0.29, 0.717) is 0 Å². The molecule has 0 atom stereocenters. The van der Waals surface area contributed by atoms with Gasteiger partial charge in [-0.25, -0.2) is 0 Å².